The minimum Gasteiger partial charge on any atom is -0.374 e. The molecule has 0 radical (unpaired) electrons. The van der Waals surface area contributed by atoms with Crippen LogP contribution in [0.2, 0.25) is 0 Å². The van der Waals surface area contributed by atoms with E-state index < -0.39 is 0 Å². The van der Waals surface area contributed by atoms with Crippen molar-refractivity contribution in [3.05, 3.63) is 35.0 Å². The lowest BCUT2D eigenvalue weighted by atomic mass is 10.2. The minimum absolute atomic E-state index is 0.0422. The first-order chi connectivity index (χ1) is 10.8. The van der Waals surface area contributed by atoms with Crippen molar-refractivity contribution in [1.29, 1.82) is 0 Å². The van der Waals surface area contributed by atoms with E-state index in [1.165, 1.54) is 11.2 Å². The fourth-order valence-corrected chi connectivity index (χ4v) is 3.07. The Balaban J connectivity index is 1.42. The minimum atomic E-state index is 0.0422. The molecule has 1 aliphatic heterocycles. The van der Waals surface area contributed by atoms with Crippen molar-refractivity contribution in [3.63, 3.8) is 0 Å². The second-order valence-electron chi connectivity index (χ2n) is 5.20. The highest BCUT2D eigenvalue weighted by molar-refractivity contribution is 7.09. The third-order valence-corrected chi connectivity index (χ3v) is 4.36. The smallest absolute Gasteiger partial charge is 0.234 e. The fraction of sp³-hybridized carbons (Fsp3) is 0.500. The highest BCUT2D eigenvalue weighted by atomic mass is 32.1. The Morgan fingerprint density at radius 3 is 3.27 bits per heavy atom. The molecule has 22 heavy (non-hydrogen) atoms. The van der Waals surface area contributed by atoms with E-state index in [2.05, 4.69) is 20.3 Å². The Bertz CT molecular complexity index is 572. The van der Waals surface area contributed by atoms with Gasteiger partial charge in [-0.2, -0.15) is 5.10 Å². The number of rotatable bonds is 6. The molecule has 2 aromatic heterocycles. The number of carbonyl (C=O) groups excluding carboxylic acids is 1. The van der Waals surface area contributed by atoms with Crippen LogP contribution in [0.1, 0.15) is 4.88 Å². The molecular formula is C14H19N5O2S. The van der Waals surface area contributed by atoms with Gasteiger partial charge in [0.2, 0.25) is 5.91 Å². The van der Waals surface area contributed by atoms with Crippen LogP contribution in [-0.4, -0.2) is 57.9 Å². The van der Waals surface area contributed by atoms with E-state index in [9.17, 15) is 4.79 Å². The van der Waals surface area contributed by atoms with Crippen molar-refractivity contribution in [1.82, 2.24) is 25.0 Å². The summed E-state index contributed by atoms with van der Waals surface area (Å²) in [5.74, 6) is 0.0507. The van der Waals surface area contributed by atoms with Crippen molar-refractivity contribution >= 4 is 17.2 Å². The van der Waals surface area contributed by atoms with E-state index in [-0.39, 0.29) is 12.0 Å². The number of aromatic nitrogens is 3. The quantitative estimate of drug-likeness (QED) is 0.831. The summed E-state index contributed by atoms with van der Waals surface area (Å²) in [7, 11) is 0. The zero-order valence-corrected chi connectivity index (χ0v) is 13.0. The van der Waals surface area contributed by atoms with E-state index in [4.69, 9.17) is 4.74 Å². The molecule has 1 fully saturated rings. The summed E-state index contributed by atoms with van der Waals surface area (Å²) in [6.45, 7) is 3.81. The van der Waals surface area contributed by atoms with E-state index in [1.54, 1.807) is 22.3 Å². The largest absolute Gasteiger partial charge is 0.374 e. The Hall–Kier alpha value is -1.77. The Labute approximate surface area is 132 Å². The van der Waals surface area contributed by atoms with Gasteiger partial charge in [-0.3, -0.25) is 14.4 Å². The van der Waals surface area contributed by atoms with Crippen molar-refractivity contribution < 1.29 is 9.53 Å². The van der Waals surface area contributed by atoms with Crippen LogP contribution in [0.5, 0.6) is 0 Å². The average Bonchev–Trinajstić information content (AvgIpc) is 3.19. The molecule has 0 unspecified atom stereocenters. The molecule has 1 aliphatic rings. The predicted octanol–water partition coefficient (Wildman–Crippen LogP) is 0.357. The third kappa shape index (κ3) is 4.36. The third-order valence-electron chi connectivity index (χ3n) is 3.49. The summed E-state index contributed by atoms with van der Waals surface area (Å²) in [5, 5.41) is 9.05. The molecular weight excluding hydrogens is 302 g/mol. The number of ether oxygens (including phenoxy) is 1. The lowest BCUT2D eigenvalue weighted by Crippen LogP contribution is -2.48. The molecule has 1 saturated heterocycles. The van der Waals surface area contributed by atoms with Gasteiger partial charge in [0.25, 0.3) is 0 Å². The molecule has 0 spiro atoms. The van der Waals surface area contributed by atoms with Crippen molar-refractivity contribution in [2.75, 3.05) is 26.2 Å². The Morgan fingerprint density at radius 1 is 1.55 bits per heavy atom. The predicted molar refractivity (Wildman–Crippen MR) is 82.4 cm³/mol. The molecule has 0 aliphatic carbocycles. The first-order valence-electron chi connectivity index (χ1n) is 7.25. The topological polar surface area (TPSA) is 72.3 Å². The number of carbonyl (C=O) groups is 1. The first-order valence-corrected chi connectivity index (χ1v) is 8.13. The lowest BCUT2D eigenvalue weighted by Gasteiger charge is -2.32. The van der Waals surface area contributed by atoms with Gasteiger partial charge in [-0.05, 0) is 11.4 Å². The maximum absolute atomic E-state index is 12.0. The van der Waals surface area contributed by atoms with Crippen LogP contribution >= 0.6 is 11.3 Å². The highest BCUT2D eigenvalue weighted by Crippen LogP contribution is 2.08. The highest BCUT2D eigenvalue weighted by Gasteiger charge is 2.22. The molecule has 0 aromatic carbocycles. The summed E-state index contributed by atoms with van der Waals surface area (Å²) in [5.41, 5.74) is 0. The van der Waals surface area contributed by atoms with Crippen molar-refractivity contribution in [3.8, 4) is 0 Å². The van der Waals surface area contributed by atoms with Crippen molar-refractivity contribution in [2.45, 2.75) is 19.2 Å². The van der Waals surface area contributed by atoms with E-state index in [0.29, 0.717) is 26.2 Å². The van der Waals surface area contributed by atoms with Crippen LogP contribution in [0, 0.1) is 0 Å². The van der Waals surface area contributed by atoms with Gasteiger partial charge in [0.15, 0.2) is 0 Å². The van der Waals surface area contributed by atoms with Crippen LogP contribution < -0.4 is 5.32 Å². The van der Waals surface area contributed by atoms with Crippen LogP contribution in [0.3, 0.4) is 0 Å². The summed E-state index contributed by atoms with van der Waals surface area (Å²) in [6, 6.07) is 4.01. The van der Waals surface area contributed by atoms with E-state index >= 15 is 0 Å². The Kier molecular flexibility index (Phi) is 5.15. The van der Waals surface area contributed by atoms with Gasteiger partial charge in [-0.15, -0.1) is 11.3 Å². The monoisotopic (exact) mass is 321 g/mol. The summed E-state index contributed by atoms with van der Waals surface area (Å²) < 4.78 is 7.48. The second-order valence-corrected chi connectivity index (χ2v) is 6.23. The number of hydrogen-bond donors (Lipinski definition) is 1. The number of amides is 1. The van der Waals surface area contributed by atoms with Gasteiger partial charge in [-0.25, -0.2) is 4.98 Å². The van der Waals surface area contributed by atoms with E-state index in [0.717, 1.165) is 13.1 Å². The SMILES string of the molecule is O=C(CN1CCO[C@@H](Cn2cncn2)C1)NCc1cccs1. The summed E-state index contributed by atoms with van der Waals surface area (Å²) in [4.78, 5) is 19.2. The molecule has 3 heterocycles. The van der Waals surface area contributed by atoms with Crippen molar-refractivity contribution in [2.24, 2.45) is 0 Å². The average molecular weight is 321 g/mol. The van der Waals surface area contributed by atoms with Gasteiger partial charge in [0.05, 0.1) is 32.3 Å². The van der Waals surface area contributed by atoms with Crippen LogP contribution in [0.25, 0.3) is 0 Å². The van der Waals surface area contributed by atoms with Gasteiger partial charge >= 0.3 is 0 Å². The molecule has 1 atom stereocenters. The zero-order chi connectivity index (χ0) is 15.2. The van der Waals surface area contributed by atoms with Gasteiger partial charge in [0.1, 0.15) is 12.7 Å². The number of hydrogen-bond acceptors (Lipinski definition) is 6. The number of thiophene rings is 1. The normalized spacial score (nSPS) is 19.2. The molecule has 7 nitrogen and oxygen atoms in total. The van der Waals surface area contributed by atoms with Crippen LogP contribution in [0.4, 0.5) is 0 Å². The summed E-state index contributed by atoms with van der Waals surface area (Å²) >= 11 is 1.65. The van der Waals surface area contributed by atoms with Crippen LogP contribution in [0.15, 0.2) is 30.2 Å². The molecule has 1 amide bonds. The molecule has 0 saturated carbocycles. The van der Waals surface area contributed by atoms with Gasteiger partial charge in [-0.1, -0.05) is 6.07 Å². The zero-order valence-electron chi connectivity index (χ0n) is 12.2. The molecule has 2 aromatic rings. The molecule has 8 heteroatoms. The first kappa shape index (κ1) is 15.1. The molecule has 1 N–H and O–H groups in total. The summed E-state index contributed by atoms with van der Waals surface area (Å²) in [6.07, 6.45) is 3.23. The maximum Gasteiger partial charge on any atom is 0.234 e. The molecule has 0 bridgehead atoms. The van der Waals surface area contributed by atoms with Crippen LogP contribution in [-0.2, 0) is 22.6 Å². The Morgan fingerprint density at radius 2 is 2.50 bits per heavy atom. The standard InChI is InChI=1S/C14H19N5O2S/c20-14(16-6-13-2-1-5-22-13)9-18-3-4-21-12(7-18)8-19-11-15-10-17-19/h1-2,5,10-12H,3-4,6-9H2,(H,16,20)/t12-/m1/s1. The maximum atomic E-state index is 12.0. The number of nitrogens with zero attached hydrogens (tertiary/aromatic N) is 4. The lowest BCUT2D eigenvalue weighted by molar-refractivity contribution is -0.124. The number of morpholine rings is 1. The van der Waals surface area contributed by atoms with Gasteiger partial charge in [0, 0.05) is 18.0 Å². The molecule has 118 valence electrons. The number of nitrogens with one attached hydrogen (secondary N) is 1. The van der Waals surface area contributed by atoms with E-state index in [1.807, 2.05) is 17.5 Å². The fourth-order valence-electron chi connectivity index (χ4n) is 2.43. The molecule has 3 rings (SSSR count). The second kappa shape index (κ2) is 7.48. The van der Waals surface area contributed by atoms with Gasteiger partial charge < -0.3 is 10.1 Å².